The van der Waals surface area contributed by atoms with E-state index in [4.69, 9.17) is 4.74 Å². The highest BCUT2D eigenvalue weighted by molar-refractivity contribution is 5.17. The van der Waals surface area contributed by atoms with Gasteiger partial charge in [-0.1, -0.05) is 19.1 Å². The van der Waals surface area contributed by atoms with Crippen molar-refractivity contribution in [3.63, 3.8) is 0 Å². The van der Waals surface area contributed by atoms with Crippen molar-refractivity contribution in [2.24, 2.45) is 0 Å². The molecule has 1 aromatic rings. The van der Waals surface area contributed by atoms with E-state index < -0.39 is 0 Å². The topological polar surface area (TPSA) is 24.5 Å². The number of morpholine rings is 1. The SMILES string of the molecule is CCNC(Cc1ccc(F)cc1)C1CN2CCCC2CO1. The van der Waals surface area contributed by atoms with E-state index in [1.165, 1.54) is 31.5 Å². The van der Waals surface area contributed by atoms with Gasteiger partial charge in [-0.3, -0.25) is 4.90 Å². The Morgan fingerprint density at radius 2 is 2.19 bits per heavy atom. The van der Waals surface area contributed by atoms with Crippen LogP contribution in [0.4, 0.5) is 4.39 Å². The zero-order chi connectivity index (χ0) is 14.7. The molecule has 21 heavy (non-hydrogen) atoms. The highest BCUT2D eigenvalue weighted by atomic mass is 19.1. The summed E-state index contributed by atoms with van der Waals surface area (Å²) in [6.07, 6.45) is 3.68. The van der Waals surface area contributed by atoms with Crippen LogP contribution >= 0.6 is 0 Å². The van der Waals surface area contributed by atoms with Crippen LogP contribution in [-0.2, 0) is 11.2 Å². The molecule has 0 amide bonds. The van der Waals surface area contributed by atoms with Crippen LogP contribution in [0.25, 0.3) is 0 Å². The fraction of sp³-hybridized carbons (Fsp3) is 0.647. The van der Waals surface area contributed by atoms with E-state index in [-0.39, 0.29) is 11.9 Å². The standard InChI is InChI=1S/C17H25FN2O/c1-2-19-16(10-13-5-7-14(18)8-6-13)17-11-20-9-3-4-15(20)12-21-17/h5-8,15-17,19H,2-4,9-12H2,1H3. The minimum Gasteiger partial charge on any atom is -0.374 e. The summed E-state index contributed by atoms with van der Waals surface area (Å²) in [5, 5.41) is 3.55. The summed E-state index contributed by atoms with van der Waals surface area (Å²) in [6, 6.07) is 7.76. The molecule has 0 aliphatic carbocycles. The highest BCUT2D eigenvalue weighted by Gasteiger charge is 2.35. The second kappa shape index (κ2) is 6.86. The maximum Gasteiger partial charge on any atom is 0.123 e. The number of nitrogens with zero attached hydrogens (tertiary/aromatic N) is 1. The van der Waals surface area contributed by atoms with Crippen LogP contribution < -0.4 is 5.32 Å². The van der Waals surface area contributed by atoms with Gasteiger partial charge in [0.15, 0.2) is 0 Å². The van der Waals surface area contributed by atoms with Crippen LogP contribution in [-0.4, -0.2) is 49.3 Å². The third kappa shape index (κ3) is 3.62. The second-order valence-corrected chi connectivity index (χ2v) is 6.16. The molecular weight excluding hydrogens is 267 g/mol. The molecule has 2 aliphatic rings. The van der Waals surface area contributed by atoms with Crippen LogP contribution in [0.3, 0.4) is 0 Å². The average molecular weight is 292 g/mol. The van der Waals surface area contributed by atoms with Crippen molar-refractivity contribution in [1.29, 1.82) is 0 Å². The smallest absolute Gasteiger partial charge is 0.123 e. The van der Waals surface area contributed by atoms with Gasteiger partial charge in [-0.2, -0.15) is 0 Å². The van der Waals surface area contributed by atoms with Crippen LogP contribution in [0.2, 0.25) is 0 Å². The van der Waals surface area contributed by atoms with Crippen LogP contribution in [0.1, 0.15) is 25.3 Å². The molecule has 2 heterocycles. The van der Waals surface area contributed by atoms with Crippen molar-refractivity contribution in [2.75, 3.05) is 26.2 Å². The molecule has 2 saturated heterocycles. The van der Waals surface area contributed by atoms with Gasteiger partial charge in [-0.15, -0.1) is 0 Å². The van der Waals surface area contributed by atoms with Gasteiger partial charge in [0, 0.05) is 18.6 Å². The van der Waals surface area contributed by atoms with Crippen LogP contribution in [0, 0.1) is 5.82 Å². The molecular formula is C17H25FN2O. The molecule has 1 N–H and O–H groups in total. The predicted octanol–water partition coefficient (Wildman–Crippen LogP) is 2.21. The van der Waals surface area contributed by atoms with E-state index in [0.717, 1.165) is 31.7 Å². The number of nitrogens with one attached hydrogen (secondary N) is 1. The van der Waals surface area contributed by atoms with Crippen molar-refractivity contribution >= 4 is 0 Å². The third-order valence-electron chi connectivity index (χ3n) is 4.70. The Bertz CT molecular complexity index is 451. The predicted molar refractivity (Wildman–Crippen MR) is 81.9 cm³/mol. The summed E-state index contributed by atoms with van der Waals surface area (Å²) < 4.78 is 19.2. The lowest BCUT2D eigenvalue weighted by Gasteiger charge is -2.39. The molecule has 0 bridgehead atoms. The molecule has 1 aromatic carbocycles. The molecule has 116 valence electrons. The maximum absolute atomic E-state index is 13.0. The first-order valence-electron chi connectivity index (χ1n) is 8.09. The van der Waals surface area contributed by atoms with Gasteiger partial charge in [0.2, 0.25) is 0 Å². The number of hydrogen-bond donors (Lipinski definition) is 1. The molecule has 3 atom stereocenters. The van der Waals surface area contributed by atoms with E-state index in [9.17, 15) is 4.39 Å². The minimum atomic E-state index is -0.174. The van der Waals surface area contributed by atoms with E-state index in [0.29, 0.717) is 12.1 Å². The lowest BCUT2D eigenvalue weighted by atomic mass is 9.99. The Morgan fingerprint density at radius 1 is 1.38 bits per heavy atom. The molecule has 0 aromatic heterocycles. The Balaban J connectivity index is 1.64. The lowest BCUT2D eigenvalue weighted by Crippen LogP contribution is -2.54. The van der Waals surface area contributed by atoms with Gasteiger partial charge < -0.3 is 10.1 Å². The molecule has 4 heteroatoms. The fourth-order valence-corrected chi connectivity index (χ4v) is 3.56. The van der Waals surface area contributed by atoms with Gasteiger partial charge >= 0.3 is 0 Å². The third-order valence-corrected chi connectivity index (χ3v) is 4.70. The molecule has 2 fully saturated rings. The summed E-state index contributed by atoms with van der Waals surface area (Å²) in [6.45, 7) is 6.13. The normalized spacial score (nSPS) is 27.5. The number of hydrogen-bond acceptors (Lipinski definition) is 3. The Morgan fingerprint density at radius 3 is 2.95 bits per heavy atom. The zero-order valence-corrected chi connectivity index (χ0v) is 12.7. The number of ether oxygens (including phenoxy) is 1. The quantitative estimate of drug-likeness (QED) is 0.900. The molecule has 0 saturated carbocycles. The van der Waals surface area contributed by atoms with Crippen molar-refractivity contribution in [3.8, 4) is 0 Å². The number of likely N-dealkylation sites (N-methyl/N-ethyl adjacent to an activating group) is 1. The average Bonchev–Trinajstić information content (AvgIpc) is 2.96. The number of fused-ring (bicyclic) bond motifs is 1. The van der Waals surface area contributed by atoms with E-state index in [1.54, 1.807) is 0 Å². The lowest BCUT2D eigenvalue weighted by molar-refractivity contribution is -0.0641. The number of rotatable bonds is 5. The van der Waals surface area contributed by atoms with Gasteiger partial charge in [0.1, 0.15) is 5.82 Å². The summed E-state index contributed by atoms with van der Waals surface area (Å²) >= 11 is 0. The first-order chi connectivity index (χ1) is 10.3. The van der Waals surface area contributed by atoms with Gasteiger partial charge in [-0.05, 0) is 50.0 Å². The van der Waals surface area contributed by atoms with Crippen LogP contribution in [0.5, 0.6) is 0 Å². The molecule has 3 nitrogen and oxygen atoms in total. The summed E-state index contributed by atoms with van der Waals surface area (Å²) in [7, 11) is 0. The van der Waals surface area contributed by atoms with Crippen molar-refractivity contribution in [3.05, 3.63) is 35.6 Å². The molecule has 3 unspecified atom stereocenters. The van der Waals surface area contributed by atoms with Gasteiger partial charge in [0.05, 0.1) is 12.7 Å². The Kier molecular flexibility index (Phi) is 4.88. The fourth-order valence-electron chi connectivity index (χ4n) is 3.56. The summed E-state index contributed by atoms with van der Waals surface area (Å²) in [5.41, 5.74) is 1.16. The number of benzene rings is 1. The molecule has 2 aliphatic heterocycles. The first kappa shape index (κ1) is 14.9. The largest absolute Gasteiger partial charge is 0.374 e. The monoisotopic (exact) mass is 292 g/mol. The number of halogens is 1. The minimum absolute atomic E-state index is 0.174. The van der Waals surface area contributed by atoms with E-state index in [2.05, 4.69) is 17.1 Å². The van der Waals surface area contributed by atoms with Crippen molar-refractivity contribution in [2.45, 2.75) is 44.4 Å². The van der Waals surface area contributed by atoms with E-state index in [1.807, 2.05) is 12.1 Å². The van der Waals surface area contributed by atoms with Gasteiger partial charge in [0.25, 0.3) is 0 Å². The van der Waals surface area contributed by atoms with Crippen molar-refractivity contribution < 1.29 is 9.13 Å². The molecule has 0 radical (unpaired) electrons. The van der Waals surface area contributed by atoms with Crippen molar-refractivity contribution in [1.82, 2.24) is 10.2 Å². The van der Waals surface area contributed by atoms with Gasteiger partial charge in [-0.25, -0.2) is 4.39 Å². The molecule has 0 spiro atoms. The summed E-state index contributed by atoms with van der Waals surface area (Å²) in [5.74, 6) is -0.174. The maximum atomic E-state index is 13.0. The Hall–Kier alpha value is -0.970. The first-order valence-corrected chi connectivity index (χ1v) is 8.09. The van der Waals surface area contributed by atoms with Crippen LogP contribution in [0.15, 0.2) is 24.3 Å². The zero-order valence-electron chi connectivity index (χ0n) is 12.7. The Labute approximate surface area is 126 Å². The second-order valence-electron chi connectivity index (χ2n) is 6.16. The van der Waals surface area contributed by atoms with E-state index >= 15 is 0 Å². The highest BCUT2D eigenvalue weighted by Crippen LogP contribution is 2.24. The summed E-state index contributed by atoms with van der Waals surface area (Å²) in [4.78, 5) is 2.57. The molecule has 3 rings (SSSR count).